The van der Waals surface area contributed by atoms with Crippen molar-refractivity contribution in [1.29, 1.82) is 0 Å². The molecule has 5 aromatic carbocycles. The minimum Gasteiger partial charge on any atom is -0.310 e. The number of hydrogen-bond donors (Lipinski definition) is 0. The summed E-state index contributed by atoms with van der Waals surface area (Å²) in [6.07, 6.45) is 0. The Bertz CT molecular complexity index is 1370. The minimum atomic E-state index is 1.15. The van der Waals surface area contributed by atoms with Crippen molar-refractivity contribution in [2.45, 2.75) is 19.6 Å². The summed E-state index contributed by atoms with van der Waals surface area (Å²) in [7, 11) is 0. The Morgan fingerprint density at radius 1 is 0.364 bits per heavy atom. The van der Waals surface area contributed by atoms with E-state index >= 15 is 0 Å². The average Bonchev–Trinajstić information content (AvgIpc) is 2.89. The Labute approximate surface area is 203 Å². The van der Waals surface area contributed by atoms with Crippen LogP contribution in [0.2, 0.25) is 0 Å². The van der Waals surface area contributed by atoms with Crippen molar-refractivity contribution in [3.8, 4) is 11.1 Å². The Balaban J connectivity index is 1.40. The Morgan fingerprint density at radius 2 is 0.879 bits per heavy atom. The molecule has 0 radical (unpaired) electrons. The van der Waals surface area contributed by atoms with Gasteiger partial charge in [0.25, 0.3) is 0 Å². The fourth-order valence-corrected chi connectivity index (χ4v) is 6.39. The molecule has 0 aliphatic carbocycles. The van der Waals surface area contributed by atoms with Gasteiger partial charge in [-0.05, 0) is 71.8 Å². The van der Waals surface area contributed by atoms with E-state index in [1.807, 2.05) is 23.5 Å². The lowest BCUT2D eigenvalue weighted by Gasteiger charge is -2.26. The van der Waals surface area contributed by atoms with Crippen molar-refractivity contribution in [1.82, 2.24) is 0 Å². The van der Waals surface area contributed by atoms with Crippen molar-refractivity contribution in [3.05, 3.63) is 127 Å². The average molecular weight is 460 g/mol. The molecular weight excluding hydrogens is 438 g/mol. The van der Waals surface area contributed by atoms with Gasteiger partial charge in [-0.3, -0.25) is 0 Å². The van der Waals surface area contributed by atoms with Crippen LogP contribution in [0, 0.1) is 0 Å². The monoisotopic (exact) mass is 459 g/mol. The van der Waals surface area contributed by atoms with Gasteiger partial charge < -0.3 is 4.90 Å². The second-order valence-corrected chi connectivity index (χ2v) is 10.0. The third-order valence-electron chi connectivity index (χ3n) is 5.70. The summed E-state index contributed by atoms with van der Waals surface area (Å²) in [5, 5.41) is 0. The molecule has 0 amide bonds. The highest BCUT2D eigenvalue weighted by molar-refractivity contribution is 8.05. The minimum absolute atomic E-state index is 1.15. The van der Waals surface area contributed by atoms with Crippen molar-refractivity contribution in [3.63, 3.8) is 0 Å². The number of hydrogen-bond acceptors (Lipinski definition) is 3. The molecule has 5 aromatic rings. The quantitative estimate of drug-likeness (QED) is 0.258. The predicted molar refractivity (Wildman–Crippen MR) is 141 cm³/mol. The van der Waals surface area contributed by atoms with E-state index in [9.17, 15) is 0 Å². The number of rotatable bonds is 4. The van der Waals surface area contributed by atoms with Crippen molar-refractivity contribution in [2.75, 3.05) is 4.90 Å². The van der Waals surface area contributed by atoms with Gasteiger partial charge in [0.2, 0.25) is 0 Å². The van der Waals surface area contributed by atoms with Crippen LogP contribution in [-0.4, -0.2) is 0 Å². The van der Waals surface area contributed by atoms with Gasteiger partial charge in [-0.1, -0.05) is 90.3 Å². The van der Waals surface area contributed by atoms with E-state index in [0.717, 1.165) is 17.1 Å². The highest BCUT2D eigenvalue weighted by atomic mass is 32.2. The zero-order valence-electron chi connectivity index (χ0n) is 17.9. The van der Waals surface area contributed by atoms with Crippen LogP contribution in [-0.2, 0) is 0 Å². The van der Waals surface area contributed by atoms with E-state index in [-0.39, 0.29) is 0 Å². The molecule has 0 fully saturated rings. The molecule has 0 bridgehead atoms. The molecule has 1 aliphatic heterocycles. The fraction of sp³-hybridized carbons (Fsp3) is 0. The van der Waals surface area contributed by atoms with Gasteiger partial charge in [-0.15, -0.1) is 0 Å². The van der Waals surface area contributed by atoms with Crippen LogP contribution in [0.5, 0.6) is 0 Å². The largest absolute Gasteiger partial charge is 0.310 e. The van der Waals surface area contributed by atoms with E-state index in [2.05, 4.69) is 132 Å². The van der Waals surface area contributed by atoms with Crippen LogP contribution < -0.4 is 4.90 Å². The molecule has 1 heterocycles. The SMILES string of the molecule is c1ccc(N(c2ccccc2)c2cccc(-c3ccc4c(c3)Sc3ccccc3S4)c2)cc1. The summed E-state index contributed by atoms with van der Waals surface area (Å²) in [4.78, 5) is 7.63. The number of nitrogens with zero attached hydrogens (tertiary/aromatic N) is 1. The van der Waals surface area contributed by atoms with Crippen LogP contribution in [0.15, 0.2) is 147 Å². The van der Waals surface area contributed by atoms with Crippen LogP contribution in [0.4, 0.5) is 17.1 Å². The molecule has 0 atom stereocenters. The zero-order valence-corrected chi connectivity index (χ0v) is 19.5. The summed E-state index contributed by atoms with van der Waals surface area (Å²) >= 11 is 3.72. The molecule has 1 nitrogen and oxygen atoms in total. The van der Waals surface area contributed by atoms with Gasteiger partial charge in [0, 0.05) is 36.6 Å². The van der Waals surface area contributed by atoms with E-state index in [1.54, 1.807) is 0 Å². The lowest BCUT2D eigenvalue weighted by atomic mass is 10.0. The first-order valence-electron chi connectivity index (χ1n) is 10.9. The number of para-hydroxylation sites is 2. The highest BCUT2D eigenvalue weighted by Gasteiger charge is 2.18. The molecule has 0 spiro atoms. The second kappa shape index (κ2) is 8.86. The molecule has 0 saturated carbocycles. The van der Waals surface area contributed by atoms with Crippen molar-refractivity contribution >= 4 is 40.6 Å². The fourth-order valence-electron chi connectivity index (χ4n) is 4.13. The Morgan fingerprint density at radius 3 is 1.55 bits per heavy atom. The van der Waals surface area contributed by atoms with Crippen molar-refractivity contribution in [2.24, 2.45) is 0 Å². The van der Waals surface area contributed by atoms with Crippen LogP contribution in [0.3, 0.4) is 0 Å². The van der Waals surface area contributed by atoms with Gasteiger partial charge in [-0.2, -0.15) is 0 Å². The standard InChI is InChI=1S/C30H21NS2/c1-3-11-24(12-4-1)31(25-13-5-2-6-14-25)26-15-9-10-22(20-26)23-18-19-29-30(21-23)33-28-17-8-7-16-27(28)32-29/h1-21H. The molecule has 0 saturated heterocycles. The maximum atomic E-state index is 2.33. The topological polar surface area (TPSA) is 3.24 Å². The molecule has 158 valence electrons. The maximum Gasteiger partial charge on any atom is 0.0467 e. The summed E-state index contributed by atoms with van der Waals surface area (Å²) in [5.74, 6) is 0. The smallest absolute Gasteiger partial charge is 0.0467 e. The zero-order chi connectivity index (χ0) is 22.0. The third kappa shape index (κ3) is 4.06. The molecule has 1 aliphatic rings. The van der Waals surface area contributed by atoms with Gasteiger partial charge >= 0.3 is 0 Å². The van der Waals surface area contributed by atoms with Gasteiger partial charge in [0.1, 0.15) is 0 Å². The van der Waals surface area contributed by atoms with E-state index < -0.39 is 0 Å². The molecule has 0 unspecified atom stereocenters. The van der Waals surface area contributed by atoms with E-state index in [0.29, 0.717) is 0 Å². The van der Waals surface area contributed by atoms with Crippen LogP contribution in [0.1, 0.15) is 0 Å². The molecule has 0 aromatic heterocycles. The molecule has 33 heavy (non-hydrogen) atoms. The lowest BCUT2D eigenvalue weighted by Crippen LogP contribution is -2.09. The number of benzene rings is 5. The Kier molecular flexibility index (Phi) is 5.43. The summed E-state index contributed by atoms with van der Waals surface area (Å²) in [6, 6.07) is 45.4. The lowest BCUT2D eigenvalue weighted by molar-refractivity contribution is 1.16. The first-order chi connectivity index (χ1) is 16.3. The van der Waals surface area contributed by atoms with E-state index in [1.165, 1.54) is 30.7 Å². The normalized spacial score (nSPS) is 12.0. The molecule has 0 N–H and O–H groups in total. The number of anilines is 3. The second-order valence-electron chi connectivity index (χ2n) is 7.87. The first-order valence-corrected chi connectivity index (χ1v) is 12.6. The van der Waals surface area contributed by atoms with Gasteiger partial charge in [0.15, 0.2) is 0 Å². The van der Waals surface area contributed by atoms with Crippen LogP contribution in [0.25, 0.3) is 11.1 Å². The number of fused-ring (bicyclic) bond motifs is 2. The first kappa shape index (κ1) is 20.2. The van der Waals surface area contributed by atoms with Gasteiger partial charge in [0.05, 0.1) is 0 Å². The van der Waals surface area contributed by atoms with E-state index in [4.69, 9.17) is 0 Å². The summed E-state index contributed by atoms with van der Waals surface area (Å²) in [5.41, 5.74) is 5.90. The highest BCUT2D eigenvalue weighted by Crippen LogP contribution is 2.49. The third-order valence-corrected chi connectivity index (χ3v) is 8.24. The van der Waals surface area contributed by atoms with Crippen LogP contribution >= 0.6 is 23.5 Å². The molecular formula is C30H21NS2. The molecule has 6 rings (SSSR count). The summed E-state index contributed by atoms with van der Waals surface area (Å²) in [6.45, 7) is 0. The maximum absolute atomic E-state index is 2.33. The molecule has 3 heteroatoms. The Hall–Kier alpha value is -3.40. The van der Waals surface area contributed by atoms with Crippen molar-refractivity contribution < 1.29 is 0 Å². The van der Waals surface area contributed by atoms with Gasteiger partial charge in [-0.25, -0.2) is 0 Å². The summed E-state index contributed by atoms with van der Waals surface area (Å²) < 4.78 is 0. The predicted octanol–water partition coefficient (Wildman–Crippen LogP) is 9.44.